The maximum absolute atomic E-state index is 11.3. The van der Waals surface area contributed by atoms with Gasteiger partial charge in [0.05, 0.1) is 0 Å². The molecular formula is C6H14Cl3N2O2Si2Zr. The summed E-state index contributed by atoms with van der Waals surface area (Å²) in [5, 5.41) is -3.73. The molecule has 0 unspecified atom stereocenters. The Morgan fingerprint density at radius 3 is 1.88 bits per heavy atom. The van der Waals surface area contributed by atoms with Crippen LogP contribution in [0.1, 0.15) is 0 Å². The van der Waals surface area contributed by atoms with Gasteiger partial charge in [-0.3, -0.25) is 0 Å². The molecule has 0 aromatic carbocycles. The maximum Gasteiger partial charge on any atom is -1.00 e. The van der Waals surface area contributed by atoms with E-state index in [1.54, 1.807) is 0 Å². The Kier molecular flexibility index (Phi) is 9.62. The molecule has 1 heterocycles. The average Bonchev–Trinajstić information content (AvgIpc) is 1.99. The van der Waals surface area contributed by atoms with Crippen LogP contribution in [0.4, 0.5) is 9.59 Å². The Balaban J connectivity index is -0.000000563. The molecule has 93 valence electrons. The Hall–Kier alpha value is 1.13. The molecule has 1 radical (unpaired) electrons. The molecule has 1 aliphatic rings. The number of hydrogen-bond acceptors (Lipinski definition) is 2. The van der Waals surface area contributed by atoms with E-state index in [0.717, 1.165) is 0 Å². The molecule has 0 bridgehead atoms. The van der Waals surface area contributed by atoms with Gasteiger partial charge in [-0.2, -0.15) is 0 Å². The van der Waals surface area contributed by atoms with Gasteiger partial charge in [-0.05, 0) is 0 Å². The molecule has 0 aromatic heterocycles. The van der Waals surface area contributed by atoms with Crippen LogP contribution in [0.25, 0.3) is 0 Å². The number of nitrogens with one attached hydrogen (secondary N) is 2. The van der Waals surface area contributed by atoms with Crippen LogP contribution in [0.3, 0.4) is 0 Å². The van der Waals surface area contributed by atoms with Gasteiger partial charge in [-0.15, -0.1) is 0 Å². The van der Waals surface area contributed by atoms with Crippen LogP contribution >= 0.6 is 0 Å². The van der Waals surface area contributed by atoms with Gasteiger partial charge in [-0.1, -0.05) is 0 Å². The van der Waals surface area contributed by atoms with E-state index in [1.807, 2.05) is 13.1 Å². The second-order valence-corrected chi connectivity index (χ2v) is 41.6. The van der Waals surface area contributed by atoms with Crippen molar-refractivity contribution < 1.29 is 67.2 Å². The zero-order chi connectivity index (χ0) is 10.4. The van der Waals surface area contributed by atoms with Crippen molar-refractivity contribution in [3.05, 3.63) is 0 Å². The summed E-state index contributed by atoms with van der Waals surface area (Å²) in [5.74, 6) is 0. The third kappa shape index (κ3) is 3.56. The summed E-state index contributed by atoms with van der Waals surface area (Å²) in [6.07, 6.45) is 0. The SMILES string of the molecule is C[Si](C)(C([NH])=O)[Zr+3]1[NH]C(=O)[Si]1(C)C.[Cl-].[Cl-].[Cl-]. The molecule has 1 saturated heterocycles. The first-order valence-electron chi connectivity index (χ1n) is 4.16. The Labute approximate surface area is 123 Å². The van der Waals surface area contributed by atoms with E-state index in [2.05, 4.69) is 16.4 Å². The monoisotopic (exact) mass is 397 g/mol. The quantitative estimate of drug-likeness (QED) is 0.469. The standard InChI is InChI=1S/C3H8NOSi.C3H7NOSi.3ClH.Zr/c2*1-6(2)3(4)5;;;;/h1-2H3,(H2,4,5);4H,1-2H3;3*1H;/q;;;;;+4/p-4. The summed E-state index contributed by atoms with van der Waals surface area (Å²) < 4.78 is 2.99. The molecule has 2 N–H and O–H groups in total. The van der Waals surface area contributed by atoms with Crippen LogP contribution in [-0.2, 0) is 20.4 Å². The first-order valence-corrected chi connectivity index (χ1v) is 18.8. The maximum atomic E-state index is 11.3. The van der Waals surface area contributed by atoms with Crippen LogP contribution in [0.5, 0.6) is 0 Å². The number of carbonyl (C=O) groups is 2. The molecule has 0 aliphatic carbocycles. The van der Waals surface area contributed by atoms with Crippen LogP contribution in [0.15, 0.2) is 0 Å². The van der Waals surface area contributed by atoms with Crippen molar-refractivity contribution in [2.75, 3.05) is 0 Å². The Bertz CT molecular complexity index is 291. The van der Waals surface area contributed by atoms with Crippen molar-refractivity contribution >= 4 is 21.5 Å². The summed E-state index contributed by atoms with van der Waals surface area (Å²) in [6.45, 7) is 8.01. The zero-order valence-electron chi connectivity index (χ0n) is 9.45. The summed E-state index contributed by atoms with van der Waals surface area (Å²) >= 11 is -2.00. The molecule has 4 nitrogen and oxygen atoms in total. The Morgan fingerprint density at radius 1 is 1.31 bits per heavy atom. The minimum Gasteiger partial charge on any atom is -1.00 e. The summed E-state index contributed by atoms with van der Waals surface area (Å²) in [7, 11) is 0. The molecule has 0 atom stereocenters. The van der Waals surface area contributed by atoms with Crippen LogP contribution < -0.4 is 46.2 Å². The summed E-state index contributed by atoms with van der Waals surface area (Å²) in [6, 6.07) is 0. The second kappa shape index (κ2) is 6.90. The number of rotatable bonds is 2. The largest absolute Gasteiger partial charge is 1.00 e. The van der Waals surface area contributed by atoms with Gasteiger partial charge >= 0.3 is 86.6 Å². The molecule has 2 amide bonds. The normalized spacial score (nSPS) is 15.6. The third-order valence-electron chi connectivity index (χ3n) is 2.62. The van der Waals surface area contributed by atoms with Gasteiger partial charge in [0.25, 0.3) is 0 Å². The third-order valence-corrected chi connectivity index (χ3v) is 54.8. The second-order valence-electron chi connectivity index (χ2n) is 4.41. The fraction of sp³-hybridized carbons (Fsp3) is 0.667. The molecule has 16 heavy (non-hydrogen) atoms. The van der Waals surface area contributed by atoms with Crippen molar-refractivity contribution in [1.82, 2.24) is 8.99 Å². The minimum absolute atomic E-state index is 0. The topological polar surface area (TPSA) is 70.0 Å². The predicted molar refractivity (Wildman–Crippen MR) is 52.0 cm³/mol. The molecule has 1 fully saturated rings. The van der Waals surface area contributed by atoms with Gasteiger partial charge in [0, 0.05) is 0 Å². The van der Waals surface area contributed by atoms with Gasteiger partial charge in [0.1, 0.15) is 0 Å². The number of hydrogen-bond donors (Lipinski definition) is 1. The fourth-order valence-corrected chi connectivity index (χ4v) is 60.0. The van der Waals surface area contributed by atoms with Gasteiger partial charge in [0.15, 0.2) is 0 Å². The van der Waals surface area contributed by atoms with E-state index in [-0.39, 0.29) is 48.3 Å². The van der Waals surface area contributed by atoms with E-state index in [1.165, 1.54) is 0 Å². The predicted octanol–water partition coefficient (Wildman–Crippen LogP) is -7.77. The van der Waals surface area contributed by atoms with Crippen LogP contribution in [0.2, 0.25) is 26.2 Å². The van der Waals surface area contributed by atoms with Crippen molar-refractivity contribution in [3.63, 3.8) is 0 Å². The van der Waals surface area contributed by atoms with Gasteiger partial charge in [0.2, 0.25) is 0 Å². The fourth-order valence-electron chi connectivity index (χ4n) is 1.53. The van der Waals surface area contributed by atoms with E-state index in [0.29, 0.717) is 0 Å². The van der Waals surface area contributed by atoms with E-state index in [9.17, 15) is 9.59 Å². The van der Waals surface area contributed by atoms with Crippen molar-refractivity contribution in [1.29, 1.82) is 0 Å². The summed E-state index contributed by atoms with van der Waals surface area (Å²) in [4.78, 5) is 22.4. The molecule has 0 saturated carbocycles. The molecule has 0 spiro atoms. The van der Waals surface area contributed by atoms with E-state index in [4.69, 9.17) is 5.73 Å². The van der Waals surface area contributed by atoms with Crippen molar-refractivity contribution in [3.8, 4) is 0 Å². The zero-order valence-corrected chi connectivity index (χ0v) is 16.2. The van der Waals surface area contributed by atoms with Crippen molar-refractivity contribution in [2.24, 2.45) is 0 Å². The van der Waals surface area contributed by atoms with Crippen LogP contribution in [-0.4, -0.2) is 21.5 Å². The Morgan fingerprint density at radius 2 is 1.69 bits per heavy atom. The number of amides is 2. The molecule has 1 rings (SSSR count). The number of carbonyl (C=O) groups excluding carboxylic acids is 2. The molecular weight excluding hydrogens is 386 g/mol. The smallest absolute Gasteiger partial charge is 1.00 e. The minimum atomic E-state index is -2.02. The molecule has 10 heteroatoms. The summed E-state index contributed by atoms with van der Waals surface area (Å²) in [5.41, 5.74) is 7.07. The molecule has 1 aliphatic heterocycles. The average molecular weight is 400 g/mol. The van der Waals surface area contributed by atoms with Crippen molar-refractivity contribution in [2.45, 2.75) is 26.2 Å². The first-order chi connectivity index (χ1) is 5.70. The van der Waals surface area contributed by atoms with E-state index >= 15 is 0 Å². The first kappa shape index (κ1) is 22.3. The van der Waals surface area contributed by atoms with Crippen LogP contribution in [0, 0.1) is 0 Å². The number of halogens is 3. The van der Waals surface area contributed by atoms with E-state index < -0.39 is 30.8 Å². The van der Waals surface area contributed by atoms with Gasteiger partial charge < -0.3 is 37.2 Å². The van der Waals surface area contributed by atoms with Gasteiger partial charge in [-0.25, -0.2) is 0 Å². The molecule has 0 aromatic rings.